The van der Waals surface area contributed by atoms with E-state index >= 15 is 0 Å². The molecule has 1 aromatic heterocycles. The summed E-state index contributed by atoms with van der Waals surface area (Å²) in [7, 11) is 0. The molecular formula is C15H23N3O2. The first-order chi connectivity index (χ1) is 9.48. The van der Waals surface area contributed by atoms with Gasteiger partial charge in [-0.3, -0.25) is 4.79 Å². The minimum absolute atomic E-state index is 0.371. The maximum atomic E-state index is 11.4. The maximum absolute atomic E-state index is 11.4. The summed E-state index contributed by atoms with van der Waals surface area (Å²) in [4.78, 5) is 22.2. The molecule has 0 unspecified atom stereocenters. The van der Waals surface area contributed by atoms with Gasteiger partial charge in [0.2, 0.25) is 0 Å². The molecule has 5 nitrogen and oxygen atoms in total. The summed E-state index contributed by atoms with van der Waals surface area (Å²) in [6.07, 6.45) is 3.65. The Kier molecular flexibility index (Phi) is 4.26. The van der Waals surface area contributed by atoms with E-state index < -0.39 is 11.4 Å². The Balaban J connectivity index is 2.11. The highest BCUT2D eigenvalue weighted by Gasteiger charge is 2.40. The summed E-state index contributed by atoms with van der Waals surface area (Å²) in [5, 5.41) is 9.42. The highest BCUT2D eigenvalue weighted by molar-refractivity contribution is 5.75. The molecule has 2 rings (SSSR count). The van der Waals surface area contributed by atoms with Gasteiger partial charge in [0, 0.05) is 24.8 Å². The van der Waals surface area contributed by atoms with Crippen LogP contribution >= 0.6 is 0 Å². The Morgan fingerprint density at radius 3 is 2.55 bits per heavy atom. The van der Waals surface area contributed by atoms with Crippen LogP contribution in [0.4, 0.5) is 5.82 Å². The Morgan fingerprint density at radius 1 is 1.40 bits per heavy atom. The molecule has 0 spiro atoms. The quantitative estimate of drug-likeness (QED) is 0.916. The molecule has 1 saturated heterocycles. The van der Waals surface area contributed by atoms with Gasteiger partial charge in [0.25, 0.3) is 0 Å². The van der Waals surface area contributed by atoms with Crippen LogP contribution in [0.3, 0.4) is 0 Å². The summed E-state index contributed by atoms with van der Waals surface area (Å²) >= 11 is 0. The highest BCUT2D eigenvalue weighted by atomic mass is 16.4. The third-order valence-corrected chi connectivity index (χ3v) is 4.44. The van der Waals surface area contributed by atoms with Gasteiger partial charge in [0.15, 0.2) is 0 Å². The Labute approximate surface area is 120 Å². The predicted molar refractivity (Wildman–Crippen MR) is 77.9 cm³/mol. The highest BCUT2D eigenvalue weighted by Crippen LogP contribution is 2.36. The molecule has 0 atom stereocenters. The number of hydrogen-bond acceptors (Lipinski definition) is 4. The SMILES string of the molecule is CCC1(C(=O)O)CCN(c2cc(C(C)C)ncn2)CC1. The summed E-state index contributed by atoms with van der Waals surface area (Å²) in [6, 6.07) is 2.02. The zero-order valence-electron chi connectivity index (χ0n) is 12.5. The van der Waals surface area contributed by atoms with Crippen LogP contribution in [-0.2, 0) is 4.79 Å². The summed E-state index contributed by atoms with van der Waals surface area (Å²) in [5.41, 5.74) is 0.477. The molecule has 1 aromatic rings. The van der Waals surface area contributed by atoms with E-state index in [0.29, 0.717) is 25.2 Å². The number of carbonyl (C=O) groups is 1. The average Bonchev–Trinajstić information content (AvgIpc) is 2.47. The first-order valence-electron chi connectivity index (χ1n) is 7.29. The topological polar surface area (TPSA) is 66.3 Å². The van der Waals surface area contributed by atoms with Gasteiger partial charge < -0.3 is 10.0 Å². The number of carboxylic acid groups (broad SMARTS) is 1. The van der Waals surface area contributed by atoms with Gasteiger partial charge in [-0.2, -0.15) is 0 Å². The summed E-state index contributed by atoms with van der Waals surface area (Å²) in [6.45, 7) is 7.67. The van der Waals surface area contributed by atoms with E-state index in [9.17, 15) is 9.90 Å². The van der Waals surface area contributed by atoms with Gasteiger partial charge in [-0.05, 0) is 25.2 Å². The van der Waals surface area contributed by atoms with Gasteiger partial charge in [-0.15, -0.1) is 0 Å². The third kappa shape index (κ3) is 2.76. The monoisotopic (exact) mass is 277 g/mol. The lowest BCUT2D eigenvalue weighted by Crippen LogP contribution is -2.44. The van der Waals surface area contributed by atoms with Crippen molar-refractivity contribution in [3.63, 3.8) is 0 Å². The van der Waals surface area contributed by atoms with Crippen LogP contribution in [0.2, 0.25) is 0 Å². The number of aromatic nitrogens is 2. The first kappa shape index (κ1) is 14.8. The molecule has 1 N–H and O–H groups in total. The standard InChI is InChI=1S/C15H23N3O2/c1-4-15(14(19)20)5-7-18(8-6-15)13-9-12(11(2)3)16-10-17-13/h9-11H,4-8H2,1-3H3,(H,19,20). The molecule has 0 radical (unpaired) electrons. The van der Waals surface area contributed by atoms with E-state index in [-0.39, 0.29) is 0 Å². The van der Waals surface area contributed by atoms with E-state index in [4.69, 9.17) is 0 Å². The number of rotatable bonds is 4. The molecule has 5 heteroatoms. The van der Waals surface area contributed by atoms with Crippen molar-refractivity contribution in [2.45, 2.75) is 46.0 Å². The molecular weight excluding hydrogens is 254 g/mol. The van der Waals surface area contributed by atoms with Crippen LogP contribution in [0.15, 0.2) is 12.4 Å². The van der Waals surface area contributed by atoms with Crippen LogP contribution in [0.1, 0.15) is 51.6 Å². The normalized spacial score (nSPS) is 18.3. The minimum atomic E-state index is -0.662. The molecule has 1 fully saturated rings. The number of piperidine rings is 1. The lowest BCUT2D eigenvalue weighted by molar-refractivity contribution is -0.150. The number of carboxylic acids is 1. The molecule has 0 saturated carbocycles. The average molecular weight is 277 g/mol. The molecule has 1 aliphatic rings. The second-order valence-corrected chi connectivity index (χ2v) is 5.88. The zero-order chi connectivity index (χ0) is 14.8. The van der Waals surface area contributed by atoms with Crippen molar-refractivity contribution in [1.29, 1.82) is 0 Å². The second-order valence-electron chi connectivity index (χ2n) is 5.88. The Hall–Kier alpha value is -1.65. The van der Waals surface area contributed by atoms with Crippen molar-refractivity contribution < 1.29 is 9.90 Å². The Bertz CT molecular complexity index is 480. The molecule has 20 heavy (non-hydrogen) atoms. The van der Waals surface area contributed by atoms with E-state index in [1.54, 1.807) is 6.33 Å². The van der Waals surface area contributed by atoms with Crippen molar-refractivity contribution in [2.75, 3.05) is 18.0 Å². The van der Waals surface area contributed by atoms with Crippen molar-refractivity contribution in [3.8, 4) is 0 Å². The van der Waals surface area contributed by atoms with Gasteiger partial charge >= 0.3 is 5.97 Å². The fraction of sp³-hybridized carbons (Fsp3) is 0.667. The lowest BCUT2D eigenvalue weighted by atomic mass is 9.76. The van der Waals surface area contributed by atoms with Crippen LogP contribution < -0.4 is 4.90 Å². The smallest absolute Gasteiger partial charge is 0.309 e. The number of nitrogens with zero attached hydrogens (tertiary/aromatic N) is 3. The largest absolute Gasteiger partial charge is 0.481 e. The van der Waals surface area contributed by atoms with Crippen molar-refractivity contribution in [3.05, 3.63) is 18.1 Å². The fourth-order valence-corrected chi connectivity index (χ4v) is 2.73. The first-order valence-corrected chi connectivity index (χ1v) is 7.29. The predicted octanol–water partition coefficient (Wildman–Crippen LogP) is 2.68. The third-order valence-electron chi connectivity index (χ3n) is 4.44. The molecule has 0 amide bonds. The Morgan fingerprint density at radius 2 is 2.05 bits per heavy atom. The summed E-state index contributed by atoms with van der Waals surface area (Å²) < 4.78 is 0. The van der Waals surface area contributed by atoms with Crippen LogP contribution in [0.5, 0.6) is 0 Å². The van der Waals surface area contributed by atoms with Crippen LogP contribution in [-0.4, -0.2) is 34.1 Å². The zero-order valence-corrected chi connectivity index (χ0v) is 12.5. The van der Waals surface area contributed by atoms with Gasteiger partial charge in [0.1, 0.15) is 12.1 Å². The number of aliphatic carboxylic acids is 1. The van der Waals surface area contributed by atoms with Gasteiger partial charge in [-0.1, -0.05) is 20.8 Å². The maximum Gasteiger partial charge on any atom is 0.309 e. The molecule has 0 aliphatic carbocycles. The van der Waals surface area contributed by atoms with Gasteiger partial charge in [0.05, 0.1) is 5.41 Å². The van der Waals surface area contributed by atoms with Crippen molar-refractivity contribution in [2.24, 2.45) is 5.41 Å². The molecule has 0 aromatic carbocycles. The minimum Gasteiger partial charge on any atom is -0.481 e. The lowest BCUT2D eigenvalue weighted by Gasteiger charge is -2.38. The summed E-state index contributed by atoms with van der Waals surface area (Å²) in [5.74, 6) is 0.624. The van der Waals surface area contributed by atoms with E-state index in [1.165, 1.54) is 0 Å². The van der Waals surface area contributed by atoms with Crippen molar-refractivity contribution >= 4 is 11.8 Å². The van der Waals surface area contributed by atoms with E-state index in [1.807, 2.05) is 13.0 Å². The van der Waals surface area contributed by atoms with Gasteiger partial charge in [-0.25, -0.2) is 9.97 Å². The molecule has 0 bridgehead atoms. The number of anilines is 1. The molecule has 110 valence electrons. The van der Waals surface area contributed by atoms with Crippen LogP contribution in [0.25, 0.3) is 0 Å². The van der Waals surface area contributed by atoms with Crippen molar-refractivity contribution in [1.82, 2.24) is 9.97 Å². The second kappa shape index (κ2) is 5.77. The fourth-order valence-electron chi connectivity index (χ4n) is 2.73. The number of hydrogen-bond donors (Lipinski definition) is 1. The molecule has 2 heterocycles. The van der Waals surface area contributed by atoms with E-state index in [0.717, 1.165) is 24.6 Å². The molecule has 1 aliphatic heterocycles. The van der Waals surface area contributed by atoms with Crippen LogP contribution in [0, 0.1) is 5.41 Å². The van der Waals surface area contributed by atoms with E-state index in [2.05, 4.69) is 28.7 Å².